The first-order chi connectivity index (χ1) is 13.3. The summed E-state index contributed by atoms with van der Waals surface area (Å²) in [7, 11) is 0. The molecule has 0 radical (unpaired) electrons. The summed E-state index contributed by atoms with van der Waals surface area (Å²) in [6.45, 7) is 11.2. The number of hydrogen-bond donors (Lipinski definition) is 1. The second-order valence-electron chi connectivity index (χ2n) is 8.28. The molecular weight excluding hydrogens is 348 g/mol. The van der Waals surface area contributed by atoms with E-state index in [0.29, 0.717) is 31.7 Å². The molecule has 1 aliphatic heterocycles. The second kappa shape index (κ2) is 7.93. The summed E-state index contributed by atoms with van der Waals surface area (Å²) in [5.74, 6) is 0. The van der Waals surface area contributed by atoms with Crippen LogP contribution in [0.3, 0.4) is 0 Å². The van der Waals surface area contributed by atoms with E-state index in [-0.39, 0.29) is 11.4 Å². The van der Waals surface area contributed by atoms with Crippen molar-refractivity contribution >= 4 is 17.4 Å². The van der Waals surface area contributed by atoms with Crippen LogP contribution in [0.1, 0.15) is 37.5 Å². The van der Waals surface area contributed by atoms with Crippen molar-refractivity contribution in [1.29, 1.82) is 5.26 Å². The first-order valence-corrected chi connectivity index (χ1v) is 9.71. The molecule has 1 heterocycles. The van der Waals surface area contributed by atoms with E-state index in [1.54, 1.807) is 0 Å². The Balaban J connectivity index is 1.70. The molecule has 0 atom stereocenters. The summed E-state index contributed by atoms with van der Waals surface area (Å²) in [5.41, 5.74) is 4.70. The summed E-state index contributed by atoms with van der Waals surface area (Å²) in [6, 6.07) is 16.0. The topological polar surface area (TPSA) is 59.4 Å². The number of rotatable bonds is 2. The molecule has 1 fully saturated rings. The quantitative estimate of drug-likeness (QED) is 0.838. The number of nitriles is 1. The van der Waals surface area contributed by atoms with Crippen molar-refractivity contribution in [2.24, 2.45) is 0 Å². The number of carbonyl (C=O) groups excluding carboxylic acids is 1. The van der Waals surface area contributed by atoms with Crippen LogP contribution >= 0.6 is 0 Å². The van der Waals surface area contributed by atoms with Crippen LogP contribution in [0.4, 0.5) is 16.2 Å². The normalized spacial score (nSPS) is 14.5. The molecule has 1 saturated heterocycles. The highest BCUT2D eigenvalue weighted by Gasteiger charge is 2.25. The Morgan fingerprint density at radius 2 is 1.71 bits per heavy atom. The summed E-state index contributed by atoms with van der Waals surface area (Å²) in [6.07, 6.45) is 0. The molecule has 28 heavy (non-hydrogen) atoms. The molecule has 1 N–H and O–H groups in total. The van der Waals surface area contributed by atoms with Crippen LogP contribution in [0.25, 0.3) is 0 Å². The molecule has 0 spiro atoms. The highest BCUT2D eigenvalue weighted by Crippen LogP contribution is 2.32. The SMILES string of the molecule is Cc1cccc(C(C)(C)C)c1NC(=O)N1CCN(c2ccccc2C#N)CC1. The monoisotopic (exact) mass is 376 g/mol. The zero-order chi connectivity index (χ0) is 20.3. The van der Waals surface area contributed by atoms with Crippen LogP contribution in [0.5, 0.6) is 0 Å². The van der Waals surface area contributed by atoms with Gasteiger partial charge in [-0.1, -0.05) is 51.1 Å². The lowest BCUT2D eigenvalue weighted by atomic mass is 9.84. The van der Waals surface area contributed by atoms with Crippen LogP contribution < -0.4 is 10.2 Å². The number of benzene rings is 2. The van der Waals surface area contributed by atoms with Crippen molar-refractivity contribution in [2.45, 2.75) is 33.1 Å². The fourth-order valence-electron chi connectivity index (χ4n) is 3.64. The van der Waals surface area contributed by atoms with Gasteiger partial charge in [0.25, 0.3) is 0 Å². The molecule has 3 rings (SSSR count). The van der Waals surface area contributed by atoms with Crippen LogP contribution in [-0.2, 0) is 5.41 Å². The van der Waals surface area contributed by atoms with E-state index in [1.165, 1.54) is 0 Å². The Labute approximate surface area is 167 Å². The number of nitrogens with zero attached hydrogens (tertiary/aromatic N) is 3. The van der Waals surface area contributed by atoms with Gasteiger partial charge in [-0.05, 0) is 35.6 Å². The minimum atomic E-state index is -0.0620. The molecule has 0 saturated carbocycles. The number of piperazine rings is 1. The van der Waals surface area contributed by atoms with E-state index in [4.69, 9.17) is 0 Å². The van der Waals surface area contributed by atoms with Gasteiger partial charge in [-0.3, -0.25) is 0 Å². The average Bonchev–Trinajstić information content (AvgIpc) is 2.68. The first kappa shape index (κ1) is 19.8. The molecule has 0 bridgehead atoms. The van der Waals surface area contributed by atoms with Crippen molar-refractivity contribution in [2.75, 3.05) is 36.4 Å². The van der Waals surface area contributed by atoms with Crippen molar-refractivity contribution in [3.63, 3.8) is 0 Å². The van der Waals surface area contributed by atoms with Crippen molar-refractivity contribution in [1.82, 2.24) is 4.90 Å². The lowest BCUT2D eigenvalue weighted by Gasteiger charge is -2.36. The Morgan fingerprint density at radius 1 is 1.04 bits per heavy atom. The highest BCUT2D eigenvalue weighted by atomic mass is 16.2. The molecule has 2 aromatic rings. The standard InChI is InChI=1S/C23H28N4O/c1-17-8-7-10-19(23(2,3)4)21(17)25-22(28)27-14-12-26(13-15-27)20-11-6-5-9-18(20)16-24/h5-11H,12-15H2,1-4H3,(H,25,28). The lowest BCUT2D eigenvalue weighted by molar-refractivity contribution is 0.208. The number of carbonyl (C=O) groups is 1. The summed E-state index contributed by atoms with van der Waals surface area (Å²) in [4.78, 5) is 16.9. The van der Waals surface area contributed by atoms with Gasteiger partial charge in [-0.2, -0.15) is 5.26 Å². The van der Waals surface area contributed by atoms with Crippen LogP contribution in [0.2, 0.25) is 0 Å². The molecule has 5 heteroatoms. The van der Waals surface area contributed by atoms with Crippen LogP contribution in [0.15, 0.2) is 42.5 Å². The van der Waals surface area contributed by atoms with Gasteiger partial charge in [0.1, 0.15) is 6.07 Å². The van der Waals surface area contributed by atoms with Crippen LogP contribution in [-0.4, -0.2) is 37.1 Å². The summed E-state index contributed by atoms with van der Waals surface area (Å²) in [5, 5.41) is 12.5. The summed E-state index contributed by atoms with van der Waals surface area (Å²) < 4.78 is 0. The predicted octanol–water partition coefficient (Wildman–Crippen LogP) is 4.52. The molecule has 2 amide bonds. The Bertz CT molecular complexity index is 900. The maximum absolute atomic E-state index is 12.9. The molecule has 1 aliphatic rings. The molecule has 0 unspecified atom stereocenters. The second-order valence-corrected chi connectivity index (χ2v) is 8.28. The maximum atomic E-state index is 12.9. The van der Waals surface area contributed by atoms with Gasteiger partial charge in [-0.25, -0.2) is 4.79 Å². The Kier molecular flexibility index (Phi) is 5.60. The average molecular weight is 377 g/mol. The fourth-order valence-corrected chi connectivity index (χ4v) is 3.64. The fraction of sp³-hybridized carbons (Fsp3) is 0.391. The van der Waals surface area contributed by atoms with E-state index >= 15 is 0 Å². The molecule has 5 nitrogen and oxygen atoms in total. The minimum Gasteiger partial charge on any atom is -0.367 e. The third kappa shape index (κ3) is 4.12. The van der Waals surface area contributed by atoms with Crippen molar-refractivity contribution in [3.05, 3.63) is 59.2 Å². The lowest BCUT2D eigenvalue weighted by Crippen LogP contribution is -2.50. The first-order valence-electron chi connectivity index (χ1n) is 9.71. The summed E-state index contributed by atoms with van der Waals surface area (Å²) >= 11 is 0. The van der Waals surface area contributed by atoms with Crippen molar-refractivity contribution < 1.29 is 4.79 Å². The smallest absolute Gasteiger partial charge is 0.321 e. The number of nitrogens with one attached hydrogen (secondary N) is 1. The van der Waals surface area contributed by atoms with Crippen LogP contribution in [0, 0.1) is 18.3 Å². The van der Waals surface area contributed by atoms with E-state index in [0.717, 1.165) is 22.5 Å². The number of aryl methyl sites for hydroxylation is 1. The predicted molar refractivity (Wildman–Crippen MR) is 114 cm³/mol. The highest BCUT2D eigenvalue weighted by molar-refractivity contribution is 5.91. The van der Waals surface area contributed by atoms with Gasteiger partial charge in [0, 0.05) is 31.9 Å². The molecule has 2 aromatic carbocycles. The molecule has 146 valence electrons. The Morgan fingerprint density at radius 3 is 2.36 bits per heavy atom. The van der Waals surface area contributed by atoms with Gasteiger partial charge in [0.2, 0.25) is 0 Å². The molecule has 0 aromatic heterocycles. The van der Waals surface area contributed by atoms with Gasteiger partial charge in [-0.15, -0.1) is 0 Å². The van der Waals surface area contributed by atoms with E-state index in [2.05, 4.69) is 43.1 Å². The Hall–Kier alpha value is -3.00. The van der Waals surface area contributed by atoms with Gasteiger partial charge >= 0.3 is 6.03 Å². The number of hydrogen-bond acceptors (Lipinski definition) is 3. The van der Waals surface area contributed by atoms with E-state index < -0.39 is 0 Å². The zero-order valence-electron chi connectivity index (χ0n) is 17.1. The van der Waals surface area contributed by atoms with Gasteiger partial charge in [0.15, 0.2) is 0 Å². The number of para-hydroxylation sites is 2. The number of urea groups is 1. The maximum Gasteiger partial charge on any atom is 0.321 e. The number of amides is 2. The zero-order valence-corrected chi connectivity index (χ0v) is 17.1. The largest absolute Gasteiger partial charge is 0.367 e. The van der Waals surface area contributed by atoms with E-state index in [9.17, 15) is 10.1 Å². The van der Waals surface area contributed by atoms with Gasteiger partial charge < -0.3 is 15.1 Å². The molecular formula is C23H28N4O. The third-order valence-corrected chi connectivity index (χ3v) is 5.24. The number of anilines is 2. The van der Waals surface area contributed by atoms with E-state index in [1.807, 2.05) is 48.2 Å². The van der Waals surface area contributed by atoms with Gasteiger partial charge in [0.05, 0.1) is 11.3 Å². The third-order valence-electron chi connectivity index (χ3n) is 5.24. The minimum absolute atomic E-state index is 0.0473. The molecule has 0 aliphatic carbocycles. The van der Waals surface area contributed by atoms with Crippen molar-refractivity contribution in [3.8, 4) is 6.07 Å².